The zero-order valence-corrected chi connectivity index (χ0v) is 10.0. The third-order valence-corrected chi connectivity index (χ3v) is 3.04. The van der Waals surface area contributed by atoms with Gasteiger partial charge in [0.1, 0.15) is 11.2 Å². The topological polar surface area (TPSA) is 55.0 Å². The first kappa shape index (κ1) is 11.2. The fourth-order valence-electron chi connectivity index (χ4n) is 2.00. The normalized spacial score (nSPS) is 17.5. The van der Waals surface area contributed by atoms with Crippen LogP contribution in [0.2, 0.25) is 0 Å². The van der Waals surface area contributed by atoms with Crippen LogP contribution in [0, 0.1) is 5.92 Å². The quantitative estimate of drug-likeness (QED) is 0.790. The Morgan fingerprint density at radius 1 is 1.62 bits per heavy atom. The molecule has 0 radical (unpaired) electrons. The van der Waals surface area contributed by atoms with E-state index in [0.29, 0.717) is 5.92 Å². The maximum atomic E-state index is 11.6. The third kappa shape index (κ3) is 1.84. The molecule has 1 aromatic heterocycles. The van der Waals surface area contributed by atoms with E-state index in [1.807, 2.05) is 6.20 Å². The number of rotatable bonds is 4. The van der Waals surface area contributed by atoms with Gasteiger partial charge in [0.2, 0.25) is 0 Å². The lowest BCUT2D eigenvalue weighted by molar-refractivity contribution is -0.143. The molecule has 0 aliphatic heterocycles. The molecule has 88 valence electrons. The highest BCUT2D eigenvalue weighted by Crippen LogP contribution is 2.47. The van der Waals surface area contributed by atoms with Crippen molar-refractivity contribution in [1.82, 2.24) is 9.97 Å². The van der Waals surface area contributed by atoms with Gasteiger partial charge in [-0.3, -0.25) is 4.79 Å². The van der Waals surface area contributed by atoms with E-state index in [9.17, 15) is 4.79 Å². The number of carbonyl (C=O) groups is 1. The maximum Gasteiger partial charge on any atom is 0.319 e. The number of methoxy groups -OCH3 is 1. The van der Waals surface area contributed by atoms with Crippen LogP contribution in [-0.2, 0) is 21.4 Å². The molecular formula is C12H18N2O2. The first-order valence-corrected chi connectivity index (χ1v) is 5.71. The second-order valence-corrected chi connectivity index (χ2v) is 4.93. The smallest absolute Gasteiger partial charge is 0.319 e. The molecule has 1 heterocycles. The Morgan fingerprint density at radius 2 is 2.31 bits per heavy atom. The molecule has 16 heavy (non-hydrogen) atoms. The lowest BCUT2D eigenvalue weighted by Crippen LogP contribution is -2.23. The Hall–Kier alpha value is -1.32. The summed E-state index contributed by atoms with van der Waals surface area (Å²) in [5.74, 6) is 1.19. The van der Waals surface area contributed by atoms with Gasteiger partial charge in [-0.25, -0.2) is 4.98 Å². The molecule has 1 fully saturated rings. The third-order valence-electron chi connectivity index (χ3n) is 3.04. The summed E-state index contributed by atoms with van der Waals surface area (Å²) in [6.45, 7) is 4.32. The zero-order chi connectivity index (χ0) is 11.8. The Labute approximate surface area is 95.4 Å². The van der Waals surface area contributed by atoms with Crippen LogP contribution in [0.25, 0.3) is 0 Å². The Morgan fingerprint density at radius 3 is 2.81 bits per heavy atom. The summed E-state index contributed by atoms with van der Waals surface area (Å²) in [6.07, 6.45) is 4.48. The zero-order valence-electron chi connectivity index (χ0n) is 10.0. The van der Waals surface area contributed by atoms with Gasteiger partial charge in [-0.1, -0.05) is 13.8 Å². The van der Waals surface area contributed by atoms with Crippen LogP contribution in [0.15, 0.2) is 6.20 Å². The standard InChI is InChI=1S/C12H18N2O2/c1-8(2)6-9-7-13-10(14-9)12(4-5-12)11(15)16-3/h7-8H,4-6H2,1-3H3,(H,13,14). The van der Waals surface area contributed by atoms with Gasteiger partial charge in [-0.05, 0) is 25.2 Å². The number of H-pyrrole nitrogens is 1. The summed E-state index contributed by atoms with van der Waals surface area (Å²) in [7, 11) is 1.43. The largest absolute Gasteiger partial charge is 0.468 e. The van der Waals surface area contributed by atoms with Crippen molar-refractivity contribution >= 4 is 5.97 Å². The van der Waals surface area contributed by atoms with Crippen LogP contribution < -0.4 is 0 Å². The second-order valence-electron chi connectivity index (χ2n) is 4.93. The van der Waals surface area contributed by atoms with E-state index in [-0.39, 0.29) is 5.97 Å². The minimum Gasteiger partial charge on any atom is -0.468 e. The molecule has 0 unspecified atom stereocenters. The Balaban J connectivity index is 2.16. The average molecular weight is 222 g/mol. The second kappa shape index (κ2) is 3.92. The molecule has 2 rings (SSSR count). The summed E-state index contributed by atoms with van der Waals surface area (Å²) in [4.78, 5) is 19.2. The van der Waals surface area contributed by atoms with Gasteiger partial charge in [-0.15, -0.1) is 0 Å². The molecule has 0 bridgehead atoms. The van der Waals surface area contributed by atoms with Gasteiger partial charge in [0.25, 0.3) is 0 Å². The fourth-order valence-corrected chi connectivity index (χ4v) is 2.00. The molecule has 4 heteroatoms. The molecule has 1 N–H and O–H groups in total. The summed E-state index contributed by atoms with van der Waals surface area (Å²) < 4.78 is 4.82. The first-order valence-electron chi connectivity index (χ1n) is 5.71. The number of nitrogens with zero attached hydrogens (tertiary/aromatic N) is 1. The number of aromatic amines is 1. The summed E-state index contributed by atoms with van der Waals surface area (Å²) in [5, 5.41) is 0. The van der Waals surface area contributed by atoms with Crippen LogP contribution in [0.4, 0.5) is 0 Å². The lowest BCUT2D eigenvalue weighted by Gasteiger charge is -2.09. The van der Waals surface area contributed by atoms with E-state index < -0.39 is 5.41 Å². The molecule has 0 saturated heterocycles. The minimum atomic E-state index is -0.468. The van der Waals surface area contributed by atoms with E-state index in [1.54, 1.807) is 0 Å². The number of hydrogen-bond acceptors (Lipinski definition) is 3. The van der Waals surface area contributed by atoms with Crippen molar-refractivity contribution in [2.24, 2.45) is 5.92 Å². The van der Waals surface area contributed by atoms with Crippen molar-refractivity contribution in [1.29, 1.82) is 0 Å². The molecular weight excluding hydrogens is 204 g/mol. The van der Waals surface area contributed by atoms with Crippen molar-refractivity contribution in [3.63, 3.8) is 0 Å². The molecule has 4 nitrogen and oxygen atoms in total. The summed E-state index contributed by atoms with van der Waals surface area (Å²) in [5.41, 5.74) is 0.629. The number of hydrogen-bond donors (Lipinski definition) is 1. The van der Waals surface area contributed by atoms with Gasteiger partial charge < -0.3 is 9.72 Å². The SMILES string of the molecule is COC(=O)C1(c2ncc(CC(C)C)[nH]2)CC1. The maximum absolute atomic E-state index is 11.6. The average Bonchev–Trinajstić information content (AvgIpc) is 2.93. The van der Waals surface area contributed by atoms with Crippen molar-refractivity contribution < 1.29 is 9.53 Å². The Bertz CT molecular complexity index is 391. The molecule has 1 aliphatic rings. The van der Waals surface area contributed by atoms with Gasteiger partial charge in [-0.2, -0.15) is 0 Å². The van der Waals surface area contributed by atoms with Gasteiger partial charge in [0.05, 0.1) is 7.11 Å². The fraction of sp³-hybridized carbons (Fsp3) is 0.667. The lowest BCUT2D eigenvalue weighted by atomic mass is 10.1. The molecule has 1 aromatic rings. The molecule has 0 amide bonds. The van der Waals surface area contributed by atoms with Crippen LogP contribution in [0.3, 0.4) is 0 Å². The number of aromatic nitrogens is 2. The minimum absolute atomic E-state index is 0.169. The van der Waals surface area contributed by atoms with Crippen molar-refractivity contribution in [3.8, 4) is 0 Å². The Kier molecular flexibility index (Phi) is 2.74. The summed E-state index contributed by atoms with van der Waals surface area (Å²) in [6, 6.07) is 0. The predicted octanol–water partition coefficient (Wildman–Crippen LogP) is 1.81. The number of esters is 1. The molecule has 0 aromatic carbocycles. The molecule has 1 saturated carbocycles. The highest BCUT2D eigenvalue weighted by atomic mass is 16.5. The van der Waals surface area contributed by atoms with E-state index in [1.165, 1.54) is 7.11 Å². The van der Waals surface area contributed by atoms with Crippen molar-refractivity contribution in [2.45, 2.75) is 38.5 Å². The number of nitrogens with one attached hydrogen (secondary N) is 1. The van der Waals surface area contributed by atoms with Gasteiger partial charge >= 0.3 is 5.97 Å². The number of carbonyl (C=O) groups excluding carboxylic acids is 1. The van der Waals surface area contributed by atoms with E-state index in [0.717, 1.165) is 30.8 Å². The van der Waals surface area contributed by atoms with Crippen LogP contribution in [-0.4, -0.2) is 23.0 Å². The summed E-state index contributed by atoms with van der Waals surface area (Å²) >= 11 is 0. The number of imidazole rings is 1. The highest BCUT2D eigenvalue weighted by Gasteiger charge is 2.55. The van der Waals surface area contributed by atoms with Crippen LogP contribution in [0.5, 0.6) is 0 Å². The molecule has 1 aliphatic carbocycles. The highest BCUT2D eigenvalue weighted by molar-refractivity contribution is 5.85. The number of ether oxygens (including phenoxy) is 1. The predicted molar refractivity (Wildman–Crippen MR) is 60.1 cm³/mol. The monoisotopic (exact) mass is 222 g/mol. The van der Waals surface area contributed by atoms with E-state index in [4.69, 9.17) is 4.74 Å². The molecule has 0 atom stereocenters. The van der Waals surface area contributed by atoms with Crippen molar-refractivity contribution in [2.75, 3.05) is 7.11 Å². The van der Waals surface area contributed by atoms with Gasteiger partial charge in [0, 0.05) is 11.9 Å². The van der Waals surface area contributed by atoms with E-state index >= 15 is 0 Å². The van der Waals surface area contributed by atoms with Crippen molar-refractivity contribution in [3.05, 3.63) is 17.7 Å². The van der Waals surface area contributed by atoms with E-state index in [2.05, 4.69) is 23.8 Å². The molecule has 0 spiro atoms. The van der Waals surface area contributed by atoms with Crippen LogP contribution >= 0.6 is 0 Å². The van der Waals surface area contributed by atoms with Crippen LogP contribution in [0.1, 0.15) is 38.2 Å². The first-order chi connectivity index (χ1) is 7.58. The van der Waals surface area contributed by atoms with Gasteiger partial charge in [0.15, 0.2) is 0 Å².